The molecule has 1 aromatic heterocycles. The monoisotopic (exact) mass is 489 g/mol. The number of halogens is 4. The lowest BCUT2D eigenvalue weighted by Crippen LogP contribution is -2.19. The maximum Gasteiger partial charge on any atom is 0.420 e. The Kier molecular flexibility index (Phi) is 6.28. The van der Waals surface area contributed by atoms with Gasteiger partial charge in [-0.3, -0.25) is 4.79 Å². The third-order valence-electron chi connectivity index (χ3n) is 4.30. The predicted molar refractivity (Wildman–Crippen MR) is 112 cm³/mol. The summed E-state index contributed by atoms with van der Waals surface area (Å²) in [6, 6.07) is 7.85. The molecule has 2 N–H and O–H groups in total. The number of alkyl halides is 3. The predicted octanol–water partition coefficient (Wildman–Crippen LogP) is 3.78. The molecule has 0 atom stereocenters. The number of ether oxygens (including phenoxy) is 1. The summed E-state index contributed by atoms with van der Waals surface area (Å²) in [7, 11) is 0. The average Bonchev–Trinajstić information content (AvgIpc) is 3.43. The van der Waals surface area contributed by atoms with Gasteiger partial charge in [-0.2, -0.15) is 23.4 Å². The topological polar surface area (TPSA) is 129 Å². The molecule has 3 aromatic rings. The van der Waals surface area contributed by atoms with Crippen molar-refractivity contribution in [2.75, 3.05) is 0 Å². The van der Waals surface area contributed by atoms with E-state index in [4.69, 9.17) is 10.00 Å². The highest BCUT2D eigenvalue weighted by atomic mass is 32.2. The van der Waals surface area contributed by atoms with E-state index in [0.717, 1.165) is 36.0 Å². The molecule has 0 spiro atoms. The maximum atomic E-state index is 14.6. The Bertz CT molecular complexity index is 1350. The number of aromatic nitrogens is 4. The second-order valence-electron chi connectivity index (χ2n) is 6.65. The largest absolute Gasteiger partial charge is 0.454 e. The van der Waals surface area contributed by atoms with Gasteiger partial charge in [-0.15, -0.1) is 5.10 Å². The number of thioether (sulfide) groups is 1. The van der Waals surface area contributed by atoms with Gasteiger partial charge >= 0.3 is 6.18 Å². The summed E-state index contributed by atoms with van der Waals surface area (Å²) in [6.07, 6.45) is -3.42. The van der Waals surface area contributed by atoms with Crippen LogP contribution < -0.4 is 10.1 Å². The Morgan fingerprint density at radius 3 is 2.68 bits per heavy atom. The molecule has 0 aliphatic carbocycles. The lowest BCUT2D eigenvalue weighted by molar-refractivity contribution is -0.138. The number of carbonyl (C=O) groups is 1. The minimum atomic E-state index is -4.81. The highest BCUT2D eigenvalue weighted by Gasteiger charge is 2.35. The molecule has 1 aliphatic rings. The highest BCUT2D eigenvalue weighted by Crippen LogP contribution is 2.39. The minimum Gasteiger partial charge on any atom is -0.454 e. The van der Waals surface area contributed by atoms with Crippen LogP contribution in [0.25, 0.3) is 6.08 Å². The number of aromatic amines is 1. The van der Waals surface area contributed by atoms with Gasteiger partial charge in [-0.05, 0) is 64.2 Å². The summed E-state index contributed by atoms with van der Waals surface area (Å²) in [5.74, 6) is -2.16. The Labute approximate surface area is 192 Å². The first-order valence-electron chi connectivity index (χ1n) is 9.31. The van der Waals surface area contributed by atoms with Crippen molar-refractivity contribution in [3.8, 4) is 17.6 Å². The molecule has 172 valence electrons. The van der Waals surface area contributed by atoms with Crippen LogP contribution in [0.5, 0.6) is 11.5 Å². The Morgan fingerprint density at radius 1 is 1.21 bits per heavy atom. The first-order valence-corrected chi connectivity index (χ1v) is 10.1. The molecule has 0 saturated carbocycles. The smallest absolute Gasteiger partial charge is 0.420 e. The summed E-state index contributed by atoms with van der Waals surface area (Å²) in [4.78, 5) is 16.2. The number of hydrogen-bond acceptors (Lipinski definition) is 8. The van der Waals surface area contributed by atoms with E-state index in [2.05, 4.69) is 30.9 Å². The third kappa shape index (κ3) is 5.21. The maximum absolute atomic E-state index is 14.6. The minimum absolute atomic E-state index is 0.204. The van der Waals surface area contributed by atoms with Gasteiger partial charge in [0, 0.05) is 0 Å². The van der Waals surface area contributed by atoms with Gasteiger partial charge < -0.3 is 10.1 Å². The molecule has 2 aromatic carbocycles. The van der Waals surface area contributed by atoms with Gasteiger partial charge in [0.1, 0.15) is 5.75 Å². The van der Waals surface area contributed by atoms with Crippen LogP contribution in [0.2, 0.25) is 0 Å². The molecular formula is C20H11F4N7O2S. The molecule has 0 radical (unpaired) electrons. The van der Waals surface area contributed by atoms with E-state index in [1.807, 2.05) is 0 Å². The summed E-state index contributed by atoms with van der Waals surface area (Å²) in [5.41, 5.74) is -1.15. The number of nitrogens with one attached hydrogen (secondary N) is 2. The lowest BCUT2D eigenvalue weighted by Gasteiger charge is -2.14. The SMILES string of the molecule is N#Cc1ccc(Oc2ccc(/C=C3\SC(NCc4nnn[nH]4)=NC3=O)cc2F)c(C(F)(F)F)c1. The number of amidine groups is 1. The normalized spacial score (nSPS) is 14.7. The van der Waals surface area contributed by atoms with Crippen LogP contribution in [-0.4, -0.2) is 31.7 Å². The quantitative estimate of drug-likeness (QED) is 0.409. The Balaban J connectivity index is 1.49. The van der Waals surface area contributed by atoms with Gasteiger partial charge in [0.15, 0.2) is 22.6 Å². The van der Waals surface area contributed by atoms with Gasteiger partial charge in [0.25, 0.3) is 5.91 Å². The number of benzene rings is 2. The molecule has 9 nitrogen and oxygen atoms in total. The fourth-order valence-corrected chi connectivity index (χ4v) is 3.58. The van der Waals surface area contributed by atoms with E-state index in [-0.39, 0.29) is 22.6 Å². The van der Waals surface area contributed by atoms with Crippen molar-refractivity contribution in [2.45, 2.75) is 12.7 Å². The molecular weight excluding hydrogens is 478 g/mol. The fourth-order valence-electron chi connectivity index (χ4n) is 2.77. The zero-order valence-electron chi connectivity index (χ0n) is 16.7. The molecule has 0 bridgehead atoms. The second-order valence-corrected chi connectivity index (χ2v) is 7.68. The number of hydrogen-bond donors (Lipinski definition) is 2. The standard InChI is InChI=1S/C20H11F4N7O2S/c21-13-6-10(7-16-18(32)27-19(34-16)26-9-17-28-30-31-29-17)1-4-15(13)33-14-3-2-11(8-25)5-12(14)20(22,23)24/h1-7H,9H2,(H,26,27,32)(H,28,29,30,31)/b16-7-. The Morgan fingerprint density at radius 2 is 2.00 bits per heavy atom. The van der Waals surface area contributed by atoms with E-state index in [0.29, 0.717) is 17.1 Å². The van der Waals surface area contributed by atoms with Gasteiger partial charge in [0.05, 0.1) is 28.6 Å². The molecule has 2 heterocycles. The highest BCUT2D eigenvalue weighted by molar-refractivity contribution is 8.18. The first kappa shape index (κ1) is 22.9. The lowest BCUT2D eigenvalue weighted by atomic mass is 10.1. The van der Waals surface area contributed by atoms with Gasteiger partial charge in [0.2, 0.25) is 0 Å². The Hall–Kier alpha value is -4.25. The number of H-pyrrole nitrogens is 1. The van der Waals surface area contributed by atoms with Crippen molar-refractivity contribution >= 4 is 28.9 Å². The van der Waals surface area contributed by atoms with Crippen LogP contribution in [0, 0.1) is 17.1 Å². The van der Waals surface area contributed by atoms with Crippen molar-refractivity contribution in [2.24, 2.45) is 4.99 Å². The van der Waals surface area contributed by atoms with Crippen molar-refractivity contribution in [3.63, 3.8) is 0 Å². The van der Waals surface area contributed by atoms with E-state index >= 15 is 0 Å². The number of nitrogens with zero attached hydrogens (tertiary/aromatic N) is 5. The van der Waals surface area contributed by atoms with E-state index in [1.54, 1.807) is 6.07 Å². The van der Waals surface area contributed by atoms with Crippen LogP contribution >= 0.6 is 11.8 Å². The molecule has 1 aliphatic heterocycles. The zero-order valence-corrected chi connectivity index (χ0v) is 17.5. The van der Waals surface area contributed by atoms with Crippen molar-refractivity contribution in [1.82, 2.24) is 25.9 Å². The number of carbonyl (C=O) groups excluding carboxylic acids is 1. The van der Waals surface area contributed by atoms with Crippen molar-refractivity contribution in [3.05, 3.63) is 69.6 Å². The summed E-state index contributed by atoms with van der Waals surface area (Å²) in [5, 5.41) is 25.1. The number of aliphatic imine (C=N–C) groups is 1. The van der Waals surface area contributed by atoms with Gasteiger partial charge in [-0.25, -0.2) is 9.49 Å². The summed E-state index contributed by atoms with van der Waals surface area (Å²) in [6.45, 7) is 0.204. The molecule has 0 unspecified atom stereocenters. The molecule has 14 heteroatoms. The first-order chi connectivity index (χ1) is 16.2. The second kappa shape index (κ2) is 9.32. The van der Waals surface area contributed by atoms with Crippen LogP contribution in [0.1, 0.15) is 22.5 Å². The van der Waals surface area contributed by atoms with E-state index < -0.39 is 35.0 Å². The zero-order chi connectivity index (χ0) is 24.3. The number of nitriles is 1. The summed E-state index contributed by atoms with van der Waals surface area (Å²) < 4.78 is 59.7. The van der Waals surface area contributed by atoms with Crippen molar-refractivity contribution in [1.29, 1.82) is 5.26 Å². The van der Waals surface area contributed by atoms with Crippen molar-refractivity contribution < 1.29 is 27.1 Å². The third-order valence-corrected chi connectivity index (χ3v) is 5.25. The molecule has 0 saturated heterocycles. The average molecular weight is 489 g/mol. The van der Waals surface area contributed by atoms with Crippen LogP contribution in [0.15, 0.2) is 46.3 Å². The number of tetrazole rings is 1. The molecule has 0 fully saturated rings. The van der Waals surface area contributed by atoms with Crippen LogP contribution in [0.4, 0.5) is 17.6 Å². The number of amides is 1. The molecule has 34 heavy (non-hydrogen) atoms. The van der Waals surface area contributed by atoms with E-state index in [1.165, 1.54) is 12.1 Å². The summed E-state index contributed by atoms with van der Waals surface area (Å²) >= 11 is 1.02. The number of rotatable bonds is 5. The van der Waals surface area contributed by atoms with Gasteiger partial charge in [-0.1, -0.05) is 6.07 Å². The molecule has 4 rings (SSSR count). The van der Waals surface area contributed by atoms with Crippen LogP contribution in [-0.2, 0) is 17.5 Å². The fraction of sp³-hybridized carbons (Fsp3) is 0.100. The van der Waals surface area contributed by atoms with Crippen LogP contribution in [0.3, 0.4) is 0 Å². The van der Waals surface area contributed by atoms with E-state index in [9.17, 15) is 22.4 Å². The molecule has 1 amide bonds.